The van der Waals surface area contributed by atoms with Crippen LogP contribution in [0.5, 0.6) is 0 Å². The van der Waals surface area contributed by atoms with Crippen molar-refractivity contribution in [3.05, 3.63) is 0 Å². The molecule has 1 fully saturated rings. The molecule has 1 aliphatic heterocycles. The third-order valence-electron chi connectivity index (χ3n) is 3.20. The Labute approximate surface area is 110 Å². The summed E-state index contributed by atoms with van der Waals surface area (Å²) in [6.07, 6.45) is 1.02. The van der Waals surface area contributed by atoms with Gasteiger partial charge in [0.2, 0.25) is 5.91 Å². The van der Waals surface area contributed by atoms with Gasteiger partial charge in [0.15, 0.2) is 9.84 Å². The van der Waals surface area contributed by atoms with Gasteiger partial charge in [0.25, 0.3) is 0 Å². The summed E-state index contributed by atoms with van der Waals surface area (Å²) in [6.45, 7) is 7.20. The number of carbonyl (C=O) groups excluding carboxylic acids is 1. The maximum absolute atomic E-state index is 12.0. The fraction of sp³-hybridized carbons (Fsp3) is 0.917. The molecule has 0 bridgehead atoms. The third kappa shape index (κ3) is 4.57. The number of hydrogen-bond acceptors (Lipinski definition) is 4. The van der Waals surface area contributed by atoms with Crippen molar-refractivity contribution in [3.63, 3.8) is 0 Å². The molecule has 1 rings (SSSR count). The number of amides is 1. The molecule has 6 heteroatoms. The van der Waals surface area contributed by atoms with E-state index < -0.39 is 9.84 Å². The second kappa shape index (κ2) is 6.52. The van der Waals surface area contributed by atoms with E-state index in [1.54, 1.807) is 4.90 Å². The van der Waals surface area contributed by atoms with Gasteiger partial charge in [-0.3, -0.25) is 4.79 Å². The van der Waals surface area contributed by atoms with Crippen LogP contribution in [-0.4, -0.2) is 55.9 Å². The van der Waals surface area contributed by atoms with Gasteiger partial charge in [0.05, 0.1) is 11.5 Å². The molecule has 1 N–H and O–H groups in total. The highest BCUT2D eigenvalue weighted by Gasteiger charge is 2.33. The fourth-order valence-electron chi connectivity index (χ4n) is 2.27. The molecule has 0 aromatic heterocycles. The van der Waals surface area contributed by atoms with Crippen LogP contribution in [0, 0.1) is 0 Å². The summed E-state index contributed by atoms with van der Waals surface area (Å²) < 4.78 is 22.9. The fourth-order valence-corrected chi connectivity index (χ4v) is 4.00. The maximum Gasteiger partial charge on any atom is 0.224 e. The van der Waals surface area contributed by atoms with Gasteiger partial charge in [-0.2, -0.15) is 0 Å². The summed E-state index contributed by atoms with van der Waals surface area (Å²) in [5, 5.41) is 3.20. The Balaban J connectivity index is 2.48. The molecular formula is C12H24N2O3S. The number of rotatable bonds is 6. The van der Waals surface area contributed by atoms with E-state index >= 15 is 0 Å². The summed E-state index contributed by atoms with van der Waals surface area (Å²) in [5.41, 5.74) is 0. The zero-order valence-corrected chi connectivity index (χ0v) is 12.3. The van der Waals surface area contributed by atoms with Crippen molar-refractivity contribution < 1.29 is 13.2 Å². The zero-order valence-electron chi connectivity index (χ0n) is 11.5. The first kappa shape index (κ1) is 15.4. The topological polar surface area (TPSA) is 66.5 Å². The summed E-state index contributed by atoms with van der Waals surface area (Å²) in [5.74, 6) is 0.392. The number of sulfone groups is 1. The Morgan fingerprint density at radius 2 is 2.11 bits per heavy atom. The molecule has 18 heavy (non-hydrogen) atoms. The normalized spacial score (nSPS) is 22.3. The molecule has 0 spiro atoms. The van der Waals surface area contributed by atoms with Crippen molar-refractivity contribution in [3.8, 4) is 0 Å². The van der Waals surface area contributed by atoms with Crippen molar-refractivity contribution >= 4 is 15.7 Å². The smallest absolute Gasteiger partial charge is 0.224 e. The first-order valence-corrected chi connectivity index (χ1v) is 8.41. The first-order valence-electron chi connectivity index (χ1n) is 6.59. The number of nitrogens with one attached hydrogen (secondary N) is 1. The van der Waals surface area contributed by atoms with Gasteiger partial charge in [-0.1, -0.05) is 13.8 Å². The lowest BCUT2D eigenvalue weighted by Gasteiger charge is -2.27. The van der Waals surface area contributed by atoms with Crippen LogP contribution >= 0.6 is 0 Å². The molecule has 1 heterocycles. The van der Waals surface area contributed by atoms with Crippen LogP contribution in [0.25, 0.3) is 0 Å². The van der Waals surface area contributed by atoms with E-state index in [1.807, 2.05) is 20.8 Å². The molecule has 0 aromatic rings. The maximum atomic E-state index is 12.0. The summed E-state index contributed by atoms with van der Waals surface area (Å²) in [6, 6.07) is 0.242. The Kier molecular flexibility index (Phi) is 5.59. The summed E-state index contributed by atoms with van der Waals surface area (Å²) in [7, 11) is -2.93. The predicted molar refractivity (Wildman–Crippen MR) is 72.2 cm³/mol. The van der Waals surface area contributed by atoms with E-state index in [1.165, 1.54) is 0 Å². The largest absolute Gasteiger partial charge is 0.339 e. The highest BCUT2D eigenvalue weighted by atomic mass is 32.2. The van der Waals surface area contributed by atoms with Crippen molar-refractivity contribution in [2.75, 3.05) is 24.6 Å². The van der Waals surface area contributed by atoms with E-state index in [0.717, 1.165) is 0 Å². The SMILES string of the molecule is CCN(C(=O)CCNC(C)C)C1CCS(=O)(=O)C1. The minimum absolute atomic E-state index is 0.0488. The molecule has 1 unspecified atom stereocenters. The second-order valence-corrected chi connectivity index (χ2v) is 7.32. The van der Waals surface area contributed by atoms with Crippen LogP contribution in [0.3, 0.4) is 0 Å². The predicted octanol–water partition coefficient (Wildman–Crippen LogP) is 0.410. The lowest BCUT2D eigenvalue weighted by atomic mass is 10.2. The van der Waals surface area contributed by atoms with E-state index in [2.05, 4.69) is 5.32 Å². The highest BCUT2D eigenvalue weighted by Crippen LogP contribution is 2.18. The third-order valence-corrected chi connectivity index (χ3v) is 4.95. The Morgan fingerprint density at radius 3 is 2.56 bits per heavy atom. The molecular weight excluding hydrogens is 252 g/mol. The van der Waals surface area contributed by atoms with Crippen LogP contribution < -0.4 is 5.32 Å². The Bertz CT molecular complexity index is 379. The highest BCUT2D eigenvalue weighted by molar-refractivity contribution is 7.91. The van der Waals surface area contributed by atoms with Gasteiger partial charge in [-0.05, 0) is 13.3 Å². The molecule has 1 atom stereocenters. The summed E-state index contributed by atoms with van der Waals surface area (Å²) >= 11 is 0. The molecule has 0 radical (unpaired) electrons. The minimum Gasteiger partial charge on any atom is -0.339 e. The molecule has 1 aliphatic rings. The van der Waals surface area contributed by atoms with E-state index in [0.29, 0.717) is 32.0 Å². The van der Waals surface area contributed by atoms with Crippen LogP contribution in [0.1, 0.15) is 33.6 Å². The van der Waals surface area contributed by atoms with Crippen LogP contribution in [-0.2, 0) is 14.6 Å². The Hall–Kier alpha value is -0.620. The van der Waals surface area contributed by atoms with Gasteiger partial charge < -0.3 is 10.2 Å². The standard InChI is InChI=1S/C12H24N2O3S/c1-4-14(11-6-8-18(16,17)9-11)12(15)5-7-13-10(2)3/h10-11,13H,4-9H2,1-3H3. The molecule has 106 valence electrons. The van der Waals surface area contributed by atoms with Gasteiger partial charge in [-0.25, -0.2) is 8.42 Å². The second-order valence-electron chi connectivity index (χ2n) is 5.10. The minimum atomic E-state index is -2.93. The van der Waals surface area contributed by atoms with Gasteiger partial charge >= 0.3 is 0 Å². The molecule has 0 saturated carbocycles. The monoisotopic (exact) mass is 276 g/mol. The zero-order chi connectivity index (χ0) is 13.8. The van der Waals surface area contributed by atoms with Crippen molar-refractivity contribution in [1.82, 2.24) is 10.2 Å². The quantitative estimate of drug-likeness (QED) is 0.763. The molecule has 1 amide bonds. The van der Waals surface area contributed by atoms with E-state index in [4.69, 9.17) is 0 Å². The molecule has 0 aromatic carbocycles. The van der Waals surface area contributed by atoms with Gasteiger partial charge in [0, 0.05) is 31.6 Å². The lowest BCUT2D eigenvalue weighted by molar-refractivity contribution is -0.132. The van der Waals surface area contributed by atoms with Crippen LogP contribution in [0.15, 0.2) is 0 Å². The van der Waals surface area contributed by atoms with Crippen LogP contribution in [0.2, 0.25) is 0 Å². The van der Waals surface area contributed by atoms with E-state index in [9.17, 15) is 13.2 Å². The molecule has 5 nitrogen and oxygen atoms in total. The van der Waals surface area contributed by atoms with Gasteiger partial charge in [-0.15, -0.1) is 0 Å². The number of carbonyl (C=O) groups is 1. The lowest BCUT2D eigenvalue weighted by Crippen LogP contribution is -2.42. The molecule has 0 aliphatic carbocycles. The number of hydrogen-bond donors (Lipinski definition) is 1. The average molecular weight is 276 g/mol. The van der Waals surface area contributed by atoms with Crippen molar-refractivity contribution in [2.45, 2.75) is 45.7 Å². The van der Waals surface area contributed by atoms with Gasteiger partial charge in [0.1, 0.15) is 0 Å². The number of nitrogens with zero attached hydrogens (tertiary/aromatic N) is 1. The van der Waals surface area contributed by atoms with E-state index in [-0.39, 0.29) is 23.5 Å². The first-order chi connectivity index (χ1) is 8.35. The van der Waals surface area contributed by atoms with Crippen LogP contribution in [0.4, 0.5) is 0 Å². The summed E-state index contributed by atoms with van der Waals surface area (Å²) in [4.78, 5) is 13.8. The average Bonchev–Trinajstić information content (AvgIpc) is 2.59. The molecule has 1 saturated heterocycles. The van der Waals surface area contributed by atoms with Crippen molar-refractivity contribution in [2.24, 2.45) is 0 Å². The van der Waals surface area contributed by atoms with Crippen molar-refractivity contribution in [1.29, 1.82) is 0 Å². The Morgan fingerprint density at radius 1 is 1.44 bits per heavy atom.